The van der Waals surface area contributed by atoms with Crippen molar-refractivity contribution in [2.75, 3.05) is 0 Å². The molecule has 29 heavy (non-hydrogen) atoms. The molecule has 1 amide bonds. The Labute approximate surface area is 166 Å². The molecule has 2 N–H and O–H groups in total. The van der Waals surface area contributed by atoms with Crippen LogP contribution in [-0.2, 0) is 6.42 Å². The molecular weight excluding hydrogens is 373 g/mol. The van der Waals surface area contributed by atoms with Crippen LogP contribution in [0.15, 0.2) is 53.7 Å². The third kappa shape index (κ3) is 4.53. The first-order valence-electron chi connectivity index (χ1n) is 9.51. The zero-order valence-electron chi connectivity index (χ0n) is 15.6. The molecule has 7 nitrogen and oxygen atoms in total. The number of rotatable bonds is 6. The molecule has 4 rings (SSSR count). The van der Waals surface area contributed by atoms with Gasteiger partial charge in [0.25, 0.3) is 11.5 Å². The van der Waals surface area contributed by atoms with E-state index in [0.717, 1.165) is 19.3 Å². The molecule has 1 aliphatic carbocycles. The van der Waals surface area contributed by atoms with E-state index in [9.17, 15) is 14.0 Å². The molecule has 3 aromatic rings. The number of halogens is 1. The zero-order chi connectivity index (χ0) is 20.2. The summed E-state index contributed by atoms with van der Waals surface area (Å²) in [7, 11) is 0. The minimum absolute atomic E-state index is 0.175. The van der Waals surface area contributed by atoms with Crippen molar-refractivity contribution in [3.05, 3.63) is 87.9 Å². The molecule has 0 saturated heterocycles. The van der Waals surface area contributed by atoms with Gasteiger partial charge in [-0.2, -0.15) is 0 Å². The molecule has 1 saturated carbocycles. The van der Waals surface area contributed by atoms with Gasteiger partial charge in [-0.3, -0.25) is 14.6 Å². The third-order valence-electron chi connectivity index (χ3n) is 5.09. The van der Waals surface area contributed by atoms with Crippen molar-refractivity contribution in [2.45, 2.75) is 37.6 Å². The Kier molecular flexibility index (Phi) is 5.41. The van der Waals surface area contributed by atoms with Crippen LogP contribution in [0.2, 0.25) is 0 Å². The smallest absolute Gasteiger partial charge is 0.271 e. The van der Waals surface area contributed by atoms with Gasteiger partial charge in [0.05, 0.1) is 17.9 Å². The van der Waals surface area contributed by atoms with Gasteiger partial charge in [0.15, 0.2) is 0 Å². The van der Waals surface area contributed by atoms with E-state index >= 15 is 0 Å². The number of aromatic amines is 1. The molecule has 0 spiro atoms. The maximum Gasteiger partial charge on any atom is 0.271 e. The Balaban J connectivity index is 1.62. The summed E-state index contributed by atoms with van der Waals surface area (Å²) >= 11 is 0. The SMILES string of the molecule is O=C(NC(Cc1cc(=O)[nH]c(C2CCC2)n1)c1ccc(F)cc1)c1cnccn1. The lowest BCUT2D eigenvalue weighted by Crippen LogP contribution is -2.31. The highest BCUT2D eigenvalue weighted by atomic mass is 19.1. The molecule has 8 heteroatoms. The molecule has 148 valence electrons. The van der Waals surface area contributed by atoms with Gasteiger partial charge in [0.2, 0.25) is 0 Å². The molecule has 0 aliphatic heterocycles. The van der Waals surface area contributed by atoms with Crippen molar-refractivity contribution in [3.63, 3.8) is 0 Å². The maximum atomic E-state index is 13.4. The van der Waals surface area contributed by atoms with E-state index in [4.69, 9.17) is 0 Å². The average Bonchev–Trinajstić information content (AvgIpc) is 2.67. The van der Waals surface area contributed by atoms with Crippen molar-refractivity contribution in [1.29, 1.82) is 0 Å². The largest absolute Gasteiger partial charge is 0.343 e. The number of carbonyl (C=O) groups excluding carboxylic acids is 1. The molecule has 1 aliphatic rings. The van der Waals surface area contributed by atoms with E-state index in [-0.39, 0.29) is 23.0 Å². The molecule has 1 aromatic carbocycles. The third-order valence-corrected chi connectivity index (χ3v) is 5.09. The van der Waals surface area contributed by atoms with Gasteiger partial charge < -0.3 is 10.3 Å². The van der Waals surface area contributed by atoms with Gasteiger partial charge in [-0.1, -0.05) is 18.6 Å². The van der Waals surface area contributed by atoms with Gasteiger partial charge in [0.1, 0.15) is 17.3 Å². The Bertz CT molecular complexity index is 1050. The number of H-pyrrole nitrogens is 1. The summed E-state index contributed by atoms with van der Waals surface area (Å²) in [6, 6.07) is 6.82. The van der Waals surface area contributed by atoms with Gasteiger partial charge in [-0.05, 0) is 30.5 Å². The van der Waals surface area contributed by atoms with E-state index in [0.29, 0.717) is 23.5 Å². The first kappa shape index (κ1) is 18.9. The lowest BCUT2D eigenvalue weighted by molar-refractivity contribution is 0.0931. The van der Waals surface area contributed by atoms with Gasteiger partial charge in [-0.15, -0.1) is 0 Å². The Morgan fingerprint density at radius 1 is 1.24 bits per heavy atom. The van der Waals surface area contributed by atoms with Gasteiger partial charge >= 0.3 is 0 Å². The average molecular weight is 393 g/mol. The second-order valence-electron chi connectivity index (χ2n) is 7.12. The van der Waals surface area contributed by atoms with Crippen LogP contribution in [0.1, 0.15) is 58.8 Å². The maximum absolute atomic E-state index is 13.4. The van der Waals surface area contributed by atoms with Gasteiger partial charge in [-0.25, -0.2) is 14.4 Å². The standard InChI is InChI=1S/C21H20FN5O2/c22-15-6-4-13(5-7-15)17(26-21(29)18-12-23-8-9-24-18)10-16-11-19(28)27-20(25-16)14-2-1-3-14/h4-9,11-12,14,17H,1-3,10H2,(H,26,29)(H,25,27,28). The van der Waals surface area contributed by atoms with Crippen LogP contribution in [0.5, 0.6) is 0 Å². The van der Waals surface area contributed by atoms with Crippen LogP contribution in [0, 0.1) is 5.82 Å². The summed E-state index contributed by atoms with van der Waals surface area (Å²) in [5.74, 6) is 0.198. The number of benzene rings is 1. The summed E-state index contributed by atoms with van der Waals surface area (Å²) < 4.78 is 13.4. The van der Waals surface area contributed by atoms with Crippen molar-refractivity contribution >= 4 is 5.91 Å². The Hall–Kier alpha value is -3.42. The quantitative estimate of drug-likeness (QED) is 0.671. The molecule has 0 radical (unpaired) electrons. The number of hydrogen-bond donors (Lipinski definition) is 2. The highest BCUT2D eigenvalue weighted by Gasteiger charge is 2.24. The van der Waals surface area contributed by atoms with Crippen molar-refractivity contribution in [3.8, 4) is 0 Å². The lowest BCUT2D eigenvalue weighted by atomic mass is 9.85. The van der Waals surface area contributed by atoms with Crippen molar-refractivity contribution in [2.24, 2.45) is 0 Å². The summed E-state index contributed by atoms with van der Waals surface area (Å²) in [6.07, 6.45) is 7.74. The zero-order valence-corrected chi connectivity index (χ0v) is 15.6. The van der Waals surface area contributed by atoms with Crippen LogP contribution in [0.25, 0.3) is 0 Å². The fourth-order valence-corrected chi connectivity index (χ4v) is 3.31. The van der Waals surface area contributed by atoms with E-state index in [1.54, 1.807) is 12.1 Å². The van der Waals surface area contributed by atoms with E-state index < -0.39 is 11.9 Å². The first-order chi connectivity index (χ1) is 14.1. The molecule has 1 unspecified atom stereocenters. The predicted octanol–water partition coefficient (Wildman–Crippen LogP) is 2.68. The number of amides is 1. The highest BCUT2D eigenvalue weighted by molar-refractivity contribution is 5.92. The van der Waals surface area contributed by atoms with Crippen LogP contribution >= 0.6 is 0 Å². The second kappa shape index (κ2) is 8.30. The normalized spacial score (nSPS) is 14.8. The molecule has 2 heterocycles. The second-order valence-corrected chi connectivity index (χ2v) is 7.12. The van der Waals surface area contributed by atoms with E-state index in [1.807, 2.05) is 0 Å². The minimum atomic E-state index is -0.506. The van der Waals surface area contributed by atoms with E-state index in [2.05, 4.69) is 25.3 Å². The summed E-state index contributed by atoms with van der Waals surface area (Å²) in [5, 5.41) is 2.90. The van der Waals surface area contributed by atoms with Crippen LogP contribution in [0.3, 0.4) is 0 Å². The summed E-state index contributed by atoms with van der Waals surface area (Å²) in [4.78, 5) is 40.1. The lowest BCUT2D eigenvalue weighted by Gasteiger charge is -2.25. The van der Waals surface area contributed by atoms with Crippen molar-refractivity contribution in [1.82, 2.24) is 25.3 Å². The summed E-state index contributed by atoms with van der Waals surface area (Å²) in [6.45, 7) is 0. The highest BCUT2D eigenvalue weighted by Crippen LogP contribution is 2.34. The fraction of sp³-hybridized carbons (Fsp3) is 0.286. The fourth-order valence-electron chi connectivity index (χ4n) is 3.31. The monoisotopic (exact) mass is 393 g/mol. The number of hydrogen-bond acceptors (Lipinski definition) is 5. The summed E-state index contributed by atoms with van der Waals surface area (Å²) in [5.41, 5.74) is 1.24. The van der Waals surface area contributed by atoms with Gasteiger partial charge in [0, 0.05) is 30.8 Å². The predicted molar refractivity (Wildman–Crippen MR) is 104 cm³/mol. The number of aromatic nitrogens is 4. The molecule has 2 aromatic heterocycles. The van der Waals surface area contributed by atoms with Crippen LogP contribution in [0.4, 0.5) is 4.39 Å². The number of nitrogens with zero attached hydrogens (tertiary/aromatic N) is 3. The number of nitrogens with one attached hydrogen (secondary N) is 2. The molecule has 1 atom stereocenters. The van der Waals surface area contributed by atoms with Crippen LogP contribution < -0.4 is 10.9 Å². The molecule has 0 bridgehead atoms. The topological polar surface area (TPSA) is 101 Å². The van der Waals surface area contributed by atoms with E-state index in [1.165, 1.54) is 36.8 Å². The van der Waals surface area contributed by atoms with Crippen molar-refractivity contribution < 1.29 is 9.18 Å². The van der Waals surface area contributed by atoms with Crippen LogP contribution in [-0.4, -0.2) is 25.8 Å². The molecule has 1 fully saturated rings. The Morgan fingerprint density at radius 2 is 2.03 bits per heavy atom. The molecular formula is C21H20FN5O2. The first-order valence-corrected chi connectivity index (χ1v) is 9.51. The number of carbonyl (C=O) groups is 1. The Morgan fingerprint density at radius 3 is 2.69 bits per heavy atom. The minimum Gasteiger partial charge on any atom is -0.343 e.